The van der Waals surface area contributed by atoms with E-state index in [-0.39, 0.29) is 0 Å². The van der Waals surface area contributed by atoms with Crippen molar-refractivity contribution in [3.05, 3.63) is 0 Å². The largest absolute Gasteiger partial charge is 0.463 e. The minimum Gasteiger partial charge on any atom is -0.463 e. The molecule has 0 saturated carbocycles. The van der Waals surface area contributed by atoms with E-state index < -0.39 is 122 Å². The van der Waals surface area contributed by atoms with E-state index in [0.29, 0.717) is 0 Å². The summed E-state index contributed by atoms with van der Waals surface area (Å²) in [6.45, 7) is 7.09. The molecule has 0 amide bonds. The van der Waals surface area contributed by atoms with Gasteiger partial charge in [0.15, 0.2) is 36.8 Å². The quantitative estimate of drug-likeness (QED) is 0.181. The van der Waals surface area contributed by atoms with Crippen molar-refractivity contribution in [2.24, 2.45) is 0 Å². The van der Waals surface area contributed by atoms with Crippen LogP contribution in [0.4, 0.5) is 0 Å². The first kappa shape index (κ1) is 38.8. The SMILES string of the molecule is CC(=O)OC[C@H]1O[C@@H](OC[C@H]2O[C@@H](OC(C)=O)[C@H](OC(C)=O)[C@@H](OC(C)=O)[C@H]2OC(C)=O)[C@H](OC(C)=O)[C@@H](OC(C)=O)[C@@H]1OC(C)=O. The molecule has 2 aliphatic rings. The number of ether oxygens (including phenoxy) is 11. The number of carbonyl (C=O) groups excluding carboxylic acids is 8. The van der Waals surface area contributed by atoms with Crippen LogP contribution >= 0.6 is 0 Å². The van der Waals surface area contributed by atoms with Crippen LogP contribution in [0.25, 0.3) is 0 Å². The summed E-state index contributed by atoms with van der Waals surface area (Å²) in [5, 5.41) is 0. The minimum absolute atomic E-state index is 0.541. The van der Waals surface area contributed by atoms with Gasteiger partial charge in [0, 0.05) is 55.4 Å². The summed E-state index contributed by atoms with van der Waals surface area (Å²) in [7, 11) is 0. The van der Waals surface area contributed by atoms with Crippen molar-refractivity contribution in [1.82, 2.24) is 0 Å². The maximum Gasteiger partial charge on any atom is 0.305 e. The molecular formula is C28H38O19. The van der Waals surface area contributed by atoms with E-state index in [1.807, 2.05) is 0 Å². The van der Waals surface area contributed by atoms with Crippen LogP contribution in [0.3, 0.4) is 0 Å². The zero-order valence-electron chi connectivity index (χ0n) is 26.9. The van der Waals surface area contributed by atoms with Gasteiger partial charge in [0.1, 0.15) is 18.8 Å². The van der Waals surface area contributed by atoms with E-state index >= 15 is 0 Å². The Morgan fingerprint density at radius 3 is 1.09 bits per heavy atom. The molecule has 2 rings (SSSR count). The van der Waals surface area contributed by atoms with Crippen LogP contribution in [-0.2, 0) is 90.5 Å². The molecule has 2 heterocycles. The molecule has 0 aromatic carbocycles. The number of hydrogen-bond donors (Lipinski definition) is 0. The molecule has 2 aliphatic heterocycles. The Balaban J connectivity index is 2.56. The van der Waals surface area contributed by atoms with Gasteiger partial charge in [-0.2, -0.15) is 0 Å². The third-order valence-electron chi connectivity index (χ3n) is 6.15. The first-order valence-corrected chi connectivity index (χ1v) is 14.2. The monoisotopic (exact) mass is 678 g/mol. The lowest BCUT2D eigenvalue weighted by molar-refractivity contribution is -0.331. The predicted octanol–water partition coefficient (Wildman–Crippen LogP) is -0.831. The third-order valence-corrected chi connectivity index (χ3v) is 6.15. The molecule has 19 heteroatoms. The first-order chi connectivity index (χ1) is 21.9. The third kappa shape index (κ3) is 12.1. The van der Waals surface area contributed by atoms with Gasteiger partial charge in [0.25, 0.3) is 0 Å². The summed E-state index contributed by atoms with van der Waals surface area (Å²) >= 11 is 0. The Bertz CT molecular complexity index is 1200. The van der Waals surface area contributed by atoms with E-state index in [9.17, 15) is 38.4 Å². The fourth-order valence-corrected chi connectivity index (χ4v) is 4.76. The molecule has 10 atom stereocenters. The lowest BCUT2D eigenvalue weighted by atomic mass is 9.97. The van der Waals surface area contributed by atoms with Gasteiger partial charge in [-0.05, 0) is 0 Å². The molecule has 0 aliphatic carbocycles. The molecule has 0 aromatic rings. The molecule has 0 aromatic heterocycles. The minimum atomic E-state index is -1.71. The van der Waals surface area contributed by atoms with E-state index in [2.05, 4.69) is 0 Å². The van der Waals surface area contributed by atoms with Gasteiger partial charge < -0.3 is 52.1 Å². The van der Waals surface area contributed by atoms with Gasteiger partial charge in [0.2, 0.25) is 12.4 Å². The van der Waals surface area contributed by atoms with Crippen LogP contribution in [0.2, 0.25) is 0 Å². The van der Waals surface area contributed by atoms with Gasteiger partial charge in [0.05, 0.1) is 6.61 Å². The topological polar surface area (TPSA) is 238 Å². The maximum atomic E-state index is 12.1. The highest BCUT2D eigenvalue weighted by atomic mass is 16.8. The molecule has 47 heavy (non-hydrogen) atoms. The molecule has 2 saturated heterocycles. The normalized spacial score (nSPS) is 30.0. The van der Waals surface area contributed by atoms with E-state index in [4.69, 9.17) is 52.1 Å². The second-order valence-corrected chi connectivity index (χ2v) is 10.3. The maximum absolute atomic E-state index is 12.1. The molecule has 0 bridgehead atoms. The van der Waals surface area contributed by atoms with Crippen molar-refractivity contribution in [3.63, 3.8) is 0 Å². The van der Waals surface area contributed by atoms with E-state index in [0.717, 1.165) is 55.4 Å². The van der Waals surface area contributed by atoms with E-state index in [1.54, 1.807) is 0 Å². The van der Waals surface area contributed by atoms with Crippen LogP contribution in [0, 0.1) is 0 Å². The first-order valence-electron chi connectivity index (χ1n) is 14.2. The molecule has 0 spiro atoms. The van der Waals surface area contributed by atoms with Crippen molar-refractivity contribution in [3.8, 4) is 0 Å². The van der Waals surface area contributed by atoms with Crippen molar-refractivity contribution in [1.29, 1.82) is 0 Å². The van der Waals surface area contributed by atoms with Crippen molar-refractivity contribution < 1.29 is 90.5 Å². The summed E-state index contributed by atoms with van der Waals surface area (Å²) in [6, 6.07) is 0. The van der Waals surface area contributed by atoms with Gasteiger partial charge >= 0.3 is 47.8 Å². The summed E-state index contributed by atoms with van der Waals surface area (Å²) < 4.78 is 59.8. The number of esters is 8. The molecule has 0 unspecified atom stereocenters. The average molecular weight is 679 g/mol. The molecule has 19 nitrogen and oxygen atoms in total. The Hall–Kier alpha value is -4.36. The second-order valence-electron chi connectivity index (χ2n) is 10.3. The fraction of sp³-hybridized carbons (Fsp3) is 0.714. The molecule has 0 radical (unpaired) electrons. The van der Waals surface area contributed by atoms with Crippen LogP contribution in [-0.4, -0.2) is 122 Å². The average Bonchev–Trinajstić information content (AvgIpc) is 2.91. The predicted molar refractivity (Wildman–Crippen MR) is 145 cm³/mol. The zero-order chi connectivity index (χ0) is 35.6. The fourth-order valence-electron chi connectivity index (χ4n) is 4.76. The number of rotatable bonds is 12. The zero-order valence-corrected chi connectivity index (χ0v) is 26.9. The molecular weight excluding hydrogens is 640 g/mol. The van der Waals surface area contributed by atoms with E-state index in [1.165, 1.54) is 0 Å². The van der Waals surface area contributed by atoms with Gasteiger partial charge in [-0.15, -0.1) is 0 Å². The standard InChI is InChI=1S/C28H38O19/c1-11(29)37-9-19-21(39-12(2)30)23(41-14(4)32)25(43-16(6)34)27(46-19)38-10-20-22(40-13(3)31)24(42-15(5)33)26(44-17(7)35)28(47-20)45-18(8)36/h19-28H,9-10H2,1-8H3/t19-,20-,21-,22+,23+,24+,25-,26-,27-,28-/m1/s1. The van der Waals surface area contributed by atoms with Crippen molar-refractivity contribution in [2.75, 3.05) is 13.2 Å². The van der Waals surface area contributed by atoms with Crippen molar-refractivity contribution >= 4 is 47.8 Å². The lowest BCUT2D eigenvalue weighted by Gasteiger charge is -2.46. The Kier molecular flexibility index (Phi) is 14.5. The number of hydrogen-bond acceptors (Lipinski definition) is 19. The van der Waals surface area contributed by atoms with Gasteiger partial charge in [-0.25, -0.2) is 0 Å². The Morgan fingerprint density at radius 1 is 0.383 bits per heavy atom. The van der Waals surface area contributed by atoms with Crippen LogP contribution in [0.5, 0.6) is 0 Å². The highest BCUT2D eigenvalue weighted by Gasteiger charge is 2.56. The van der Waals surface area contributed by atoms with Crippen LogP contribution in [0.15, 0.2) is 0 Å². The summed E-state index contributed by atoms with van der Waals surface area (Å²) in [5.74, 6) is -6.93. The highest BCUT2D eigenvalue weighted by Crippen LogP contribution is 2.33. The molecule has 0 N–H and O–H groups in total. The molecule has 264 valence electrons. The Morgan fingerprint density at radius 2 is 0.702 bits per heavy atom. The summed E-state index contributed by atoms with van der Waals surface area (Å²) in [4.78, 5) is 95.9. The summed E-state index contributed by atoms with van der Waals surface area (Å²) in [5.41, 5.74) is 0. The Labute approximate surface area is 268 Å². The van der Waals surface area contributed by atoms with Crippen molar-refractivity contribution in [2.45, 2.75) is 117 Å². The molecule has 2 fully saturated rings. The van der Waals surface area contributed by atoms with Crippen LogP contribution < -0.4 is 0 Å². The second kappa shape index (κ2) is 17.5. The van der Waals surface area contributed by atoms with Gasteiger partial charge in [-0.1, -0.05) is 0 Å². The van der Waals surface area contributed by atoms with Crippen LogP contribution in [0.1, 0.15) is 55.4 Å². The van der Waals surface area contributed by atoms with Gasteiger partial charge in [-0.3, -0.25) is 38.4 Å². The lowest BCUT2D eigenvalue weighted by Crippen LogP contribution is -2.65. The highest BCUT2D eigenvalue weighted by molar-refractivity contribution is 5.70. The number of carbonyl (C=O) groups is 8. The summed E-state index contributed by atoms with van der Waals surface area (Å²) in [6.07, 6.45) is -15.6. The smallest absolute Gasteiger partial charge is 0.305 e.